The standard InChI is InChI=1S/C19H18N2O3/c22-17(21-24)11-10-14-6-4-5-9-16(14)20-18(23)19(12-13-19)15-7-2-1-3-8-15/h1-11,24H,12-13H2,(H,20,23)(H,21,22)/b11-10+. The zero-order valence-corrected chi connectivity index (χ0v) is 13.0. The van der Waals surface area contributed by atoms with Crippen molar-refractivity contribution in [2.45, 2.75) is 18.3 Å². The Morgan fingerprint density at radius 3 is 2.33 bits per heavy atom. The molecule has 3 N–H and O–H groups in total. The minimum absolute atomic E-state index is 0.0406. The normalized spacial score (nSPS) is 15.0. The van der Waals surface area contributed by atoms with E-state index in [0.29, 0.717) is 11.3 Å². The van der Waals surface area contributed by atoms with Gasteiger partial charge in [-0.05, 0) is 36.1 Å². The molecule has 1 fully saturated rings. The maximum absolute atomic E-state index is 12.8. The first-order chi connectivity index (χ1) is 11.7. The van der Waals surface area contributed by atoms with Gasteiger partial charge in [-0.3, -0.25) is 14.8 Å². The van der Waals surface area contributed by atoms with Gasteiger partial charge >= 0.3 is 0 Å². The molecule has 5 nitrogen and oxygen atoms in total. The largest absolute Gasteiger partial charge is 0.325 e. The van der Waals surface area contributed by atoms with Crippen LogP contribution in [0.5, 0.6) is 0 Å². The van der Waals surface area contributed by atoms with Crippen LogP contribution in [-0.2, 0) is 15.0 Å². The summed E-state index contributed by atoms with van der Waals surface area (Å²) in [7, 11) is 0. The molecule has 2 aromatic carbocycles. The summed E-state index contributed by atoms with van der Waals surface area (Å²) in [5, 5.41) is 11.5. The molecule has 5 heteroatoms. The second-order valence-corrected chi connectivity index (χ2v) is 5.80. The van der Waals surface area contributed by atoms with Gasteiger partial charge in [0.2, 0.25) is 5.91 Å². The number of anilines is 1. The van der Waals surface area contributed by atoms with E-state index < -0.39 is 11.3 Å². The molecule has 24 heavy (non-hydrogen) atoms. The molecule has 0 atom stereocenters. The molecule has 2 amide bonds. The minimum Gasteiger partial charge on any atom is -0.325 e. The summed E-state index contributed by atoms with van der Waals surface area (Å²) in [6, 6.07) is 17.0. The summed E-state index contributed by atoms with van der Waals surface area (Å²) in [5.41, 5.74) is 3.43. The first-order valence-electron chi connectivity index (χ1n) is 7.74. The number of carbonyl (C=O) groups is 2. The van der Waals surface area contributed by atoms with E-state index in [1.54, 1.807) is 18.2 Å². The smallest absolute Gasteiger partial charge is 0.267 e. The molecule has 0 aromatic heterocycles. The number of nitrogens with one attached hydrogen (secondary N) is 2. The van der Waals surface area contributed by atoms with Crippen LogP contribution in [0.25, 0.3) is 6.08 Å². The Kier molecular flexibility index (Phi) is 4.44. The van der Waals surface area contributed by atoms with Crippen LogP contribution in [0.1, 0.15) is 24.0 Å². The number of hydroxylamine groups is 1. The molecule has 2 aromatic rings. The van der Waals surface area contributed by atoms with Gasteiger partial charge in [-0.2, -0.15) is 0 Å². The quantitative estimate of drug-likeness (QED) is 0.450. The third kappa shape index (κ3) is 3.21. The molecule has 122 valence electrons. The fraction of sp³-hybridized carbons (Fsp3) is 0.158. The second kappa shape index (κ2) is 6.68. The third-order valence-electron chi connectivity index (χ3n) is 4.24. The summed E-state index contributed by atoms with van der Waals surface area (Å²) >= 11 is 0. The van der Waals surface area contributed by atoms with Crippen molar-refractivity contribution in [1.29, 1.82) is 0 Å². The third-order valence-corrected chi connectivity index (χ3v) is 4.24. The summed E-state index contributed by atoms with van der Waals surface area (Å²) in [6.45, 7) is 0. The molecular formula is C19H18N2O3. The fourth-order valence-electron chi connectivity index (χ4n) is 2.73. The molecule has 1 saturated carbocycles. The van der Waals surface area contributed by atoms with Gasteiger partial charge in [-0.1, -0.05) is 48.5 Å². The van der Waals surface area contributed by atoms with Gasteiger partial charge in [0.15, 0.2) is 0 Å². The number of hydrogen-bond donors (Lipinski definition) is 3. The number of carbonyl (C=O) groups excluding carboxylic acids is 2. The van der Waals surface area contributed by atoms with Crippen molar-refractivity contribution in [3.8, 4) is 0 Å². The number of para-hydroxylation sites is 1. The van der Waals surface area contributed by atoms with Crippen molar-refractivity contribution in [2.75, 3.05) is 5.32 Å². The maximum Gasteiger partial charge on any atom is 0.267 e. The van der Waals surface area contributed by atoms with Gasteiger partial charge in [0.25, 0.3) is 5.91 Å². The molecule has 0 radical (unpaired) electrons. The Morgan fingerprint density at radius 1 is 1.00 bits per heavy atom. The molecule has 0 aliphatic heterocycles. The van der Waals surface area contributed by atoms with E-state index in [4.69, 9.17) is 5.21 Å². The zero-order valence-electron chi connectivity index (χ0n) is 13.0. The highest BCUT2D eigenvalue weighted by molar-refractivity contribution is 6.03. The summed E-state index contributed by atoms with van der Waals surface area (Å²) in [6.07, 6.45) is 4.40. The molecule has 0 spiro atoms. The van der Waals surface area contributed by atoms with E-state index in [-0.39, 0.29) is 5.91 Å². The van der Waals surface area contributed by atoms with Gasteiger partial charge in [-0.25, -0.2) is 5.48 Å². The average molecular weight is 322 g/mol. The first kappa shape index (κ1) is 16.0. The fourth-order valence-corrected chi connectivity index (χ4v) is 2.73. The molecule has 1 aliphatic rings. The van der Waals surface area contributed by atoms with Crippen LogP contribution in [0.3, 0.4) is 0 Å². The molecule has 3 rings (SSSR count). The van der Waals surface area contributed by atoms with Crippen LogP contribution in [0.4, 0.5) is 5.69 Å². The van der Waals surface area contributed by atoms with Crippen LogP contribution in [0.2, 0.25) is 0 Å². The molecule has 1 aliphatic carbocycles. The lowest BCUT2D eigenvalue weighted by molar-refractivity contribution is -0.124. The van der Waals surface area contributed by atoms with Crippen LogP contribution in [0, 0.1) is 0 Å². The Bertz CT molecular complexity index is 780. The number of benzene rings is 2. The lowest BCUT2D eigenvalue weighted by atomic mass is 9.95. The van der Waals surface area contributed by atoms with E-state index in [0.717, 1.165) is 18.4 Å². The highest BCUT2D eigenvalue weighted by atomic mass is 16.5. The van der Waals surface area contributed by atoms with Crippen molar-refractivity contribution in [2.24, 2.45) is 0 Å². The Labute approximate surface area is 140 Å². The van der Waals surface area contributed by atoms with Crippen LogP contribution >= 0.6 is 0 Å². The molecule has 0 unspecified atom stereocenters. The Balaban J connectivity index is 1.81. The highest BCUT2D eigenvalue weighted by Crippen LogP contribution is 2.49. The molecule has 0 bridgehead atoms. The average Bonchev–Trinajstić information content (AvgIpc) is 3.43. The van der Waals surface area contributed by atoms with Gasteiger partial charge in [-0.15, -0.1) is 0 Å². The first-order valence-corrected chi connectivity index (χ1v) is 7.74. The Morgan fingerprint density at radius 2 is 1.67 bits per heavy atom. The van der Waals surface area contributed by atoms with Crippen LogP contribution < -0.4 is 10.8 Å². The van der Waals surface area contributed by atoms with E-state index in [1.165, 1.54) is 11.6 Å². The molecule has 0 saturated heterocycles. The SMILES string of the molecule is O=C(/C=C/c1ccccc1NC(=O)C1(c2ccccc2)CC1)NO. The van der Waals surface area contributed by atoms with E-state index in [2.05, 4.69) is 5.32 Å². The van der Waals surface area contributed by atoms with E-state index >= 15 is 0 Å². The van der Waals surface area contributed by atoms with Crippen molar-refractivity contribution in [3.05, 3.63) is 71.8 Å². The topological polar surface area (TPSA) is 78.4 Å². The monoisotopic (exact) mass is 322 g/mol. The van der Waals surface area contributed by atoms with Gasteiger partial charge in [0, 0.05) is 11.8 Å². The Hall–Kier alpha value is -2.92. The van der Waals surface area contributed by atoms with Crippen LogP contribution in [-0.4, -0.2) is 17.0 Å². The van der Waals surface area contributed by atoms with Gasteiger partial charge < -0.3 is 5.32 Å². The molecular weight excluding hydrogens is 304 g/mol. The summed E-state index contributed by atoms with van der Waals surface area (Å²) in [5.74, 6) is -0.666. The van der Waals surface area contributed by atoms with E-state index in [1.807, 2.05) is 42.5 Å². The second-order valence-electron chi connectivity index (χ2n) is 5.80. The number of rotatable bonds is 5. The number of hydrogen-bond acceptors (Lipinski definition) is 3. The van der Waals surface area contributed by atoms with E-state index in [9.17, 15) is 9.59 Å². The van der Waals surface area contributed by atoms with Crippen molar-refractivity contribution in [3.63, 3.8) is 0 Å². The lowest BCUT2D eigenvalue weighted by Crippen LogP contribution is -2.28. The van der Waals surface area contributed by atoms with Crippen molar-refractivity contribution < 1.29 is 14.8 Å². The van der Waals surface area contributed by atoms with Crippen molar-refractivity contribution in [1.82, 2.24) is 5.48 Å². The predicted octanol–water partition coefficient (Wildman–Crippen LogP) is 2.88. The van der Waals surface area contributed by atoms with Gasteiger partial charge in [0.05, 0.1) is 5.41 Å². The van der Waals surface area contributed by atoms with Crippen molar-refractivity contribution >= 4 is 23.6 Å². The maximum atomic E-state index is 12.8. The summed E-state index contributed by atoms with van der Waals surface area (Å²) in [4.78, 5) is 23.9. The lowest BCUT2D eigenvalue weighted by Gasteiger charge is -2.17. The number of amides is 2. The minimum atomic E-state index is -0.626. The van der Waals surface area contributed by atoms with Gasteiger partial charge in [0.1, 0.15) is 0 Å². The zero-order chi connectivity index (χ0) is 17.0. The van der Waals surface area contributed by atoms with Crippen LogP contribution in [0.15, 0.2) is 60.7 Å². The highest BCUT2D eigenvalue weighted by Gasteiger charge is 2.51. The predicted molar refractivity (Wildman–Crippen MR) is 91.4 cm³/mol. The summed E-state index contributed by atoms with van der Waals surface area (Å²) < 4.78 is 0. The molecule has 0 heterocycles.